The number of hydrogen-bond donors (Lipinski definition) is 5. The first-order valence-electron chi connectivity index (χ1n) is 19.7. The molecule has 0 spiro atoms. The standard InChI is InChI=1S/C41H63N3O7/c45-32-43-37-28-34(16-17-38(37)46)39(47)29-42-20-11-27-50-25-9-2-8-24-49-26-10-7-21-44-22-18-33(19-23-44)40(30-44)51-31-41(48,36-14-5-6-15-36)35-12-3-1-4-13-35/h1,3-4,12-13,16-17,28,32-33,36,39-40,42,47-48H,2,5-11,14-15,18-27,29-31H2,(H-,43,45,46)/p+1/t33?,39-,40-,41+,44?/m0/s1. The van der Waals surface area contributed by atoms with Gasteiger partial charge in [0.25, 0.3) is 0 Å². The molecule has 1 aliphatic carbocycles. The second-order valence-corrected chi connectivity index (χ2v) is 15.3. The van der Waals surface area contributed by atoms with Crippen molar-refractivity contribution in [2.24, 2.45) is 11.8 Å². The monoisotopic (exact) mass is 710 g/mol. The Hall–Kier alpha value is -2.57. The third-order valence-electron chi connectivity index (χ3n) is 11.7. The van der Waals surface area contributed by atoms with E-state index in [2.05, 4.69) is 22.8 Å². The molecule has 10 nitrogen and oxygen atoms in total. The molecule has 2 aromatic rings. The minimum absolute atomic E-state index is 0.0346. The topological polar surface area (TPSA) is 130 Å². The van der Waals surface area contributed by atoms with Crippen molar-refractivity contribution in [3.05, 3.63) is 59.7 Å². The van der Waals surface area contributed by atoms with Crippen LogP contribution < -0.4 is 10.6 Å². The van der Waals surface area contributed by atoms with Crippen LogP contribution in [-0.4, -0.2) is 105 Å². The lowest BCUT2D eigenvalue weighted by Gasteiger charge is -2.53. The average molecular weight is 711 g/mol. The van der Waals surface area contributed by atoms with Crippen LogP contribution in [-0.2, 0) is 24.6 Å². The molecule has 0 aromatic heterocycles. The van der Waals surface area contributed by atoms with Crippen LogP contribution in [0.15, 0.2) is 48.5 Å². The zero-order valence-electron chi connectivity index (χ0n) is 30.7. The van der Waals surface area contributed by atoms with Crippen molar-refractivity contribution in [2.75, 3.05) is 77.6 Å². The van der Waals surface area contributed by atoms with Crippen LogP contribution in [0.4, 0.5) is 5.69 Å². The van der Waals surface area contributed by atoms with Crippen molar-refractivity contribution in [3.8, 4) is 5.75 Å². The fourth-order valence-electron chi connectivity index (χ4n) is 8.56. The Morgan fingerprint density at radius 1 is 0.882 bits per heavy atom. The zero-order chi connectivity index (χ0) is 35.8. The highest BCUT2D eigenvalue weighted by Crippen LogP contribution is 2.42. The Morgan fingerprint density at radius 3 is 2.27 bits per heavy atom. The van der Waals surface area contributed by atoms with Gasteiger partial charge < -0.3 is 44.6 Å². The molecule has 3 atom stereocenters. The summed E-state index contributed by atoms with van der Waals surface area (Å²) >= 11 is 0. The Labute approximate surface area is 305 Å². The highest BCUT2D eigenvalue weighted by molar-refractivity contribution is 5.75. The molecule has 2 aromatic carbocycles. The maximum absolute atomic E-state index is 12.0. The predicted molar refractivity (Wildman–Crippen MR) is 199 cm³/mol. The molecule has 5 N–H and O–H groups in total. The lowest BCUT2D eigenvalue weighted by Crippen LogP contribution is -2.64. The van der Waals surface area contributed by atoms with Gasteiger partial charge in [-0.15, -0.1) is 0 Å². The number of carbonyl (C=O) groups excluding carboxylic acids is 1. The van der Waals surface area contributed by atoms with Gasteiger partial charge in [-0.2, -0.15) is 0 Å². The van der Waals surface area contributed by atoms with E-state index < -0.39 is 11.7 Å². The van der Waals surface area contributed by atoms with Crippen molar-refractivity contribution in [2.45, 2.75) is 94.9 Å². The molecular weight excluding hydrogens is 646 g/mol. The van der Waals surface area contributed by atoms with Crippen LogP contribution in [0.25, 0.3) is 0 Å². The molecule has 4 fully saturated rings. The largest absolute Gasteiger partial charge is 0.506 e. The molecular formula is C41H64N3O7+. The number of amides is 1. The number of carbonyl (C=O) groups is 1. The van der Waals surface area contributed by atoms with E-state index in [-0.39, 0.29) is 23.5 Å². The SMILES string of the molecule is O=CNc1cc([C@@H](O)CNCCCOCCCCCOCCCC[N+]23CCC(CC2)[C@@H](OC[C@@](O)(c2ccccc2)C2CCCC2)C3)ccc1O. The van der Waals surface area contributed by atoms with Gasteiger partial charge in [0, 0.05) is 51.7 Å². The summed E-state index contributed by atoms with van der Waals surface area (Å²) in [7, 11) is 0. The lowest BCUT2D eigenvalue weighted by atomic mass is 9.80. The van der Waals surface area contributed by atoms with Crippen LogP contribution in [0, 0.1) is 11.8 Å². The quantitative estimate of drug-likeness (QED) is 0.0387. The molecule has 2 bridgehead atoms. The van der Waals surface area contributed by atoms with Crippen molar-refractivity contribution < 1.29 is 38.8 Å². The predicted octanol–water partition coefficient (Wildman–Crippen LogP) is 5.66. The van der Waals surface area contributed by atoms with Crippen molar-refractivity contribution in [1.29, 1.82) is 0 Å². The lowest BCUT2D eigenvalue weighted by molar-refractivity contribution is -0.946. The van der Waals surface area contributed by atoms with Crippen LogP contribution >= 0.6 is 0 Å². The third-order valence-corrected chi connectivity index (χ3v) is 11.7. The number of anilines is 1. The molecule has 1 saturated carbocycles. The van der Waals surface area contributed by atoms with Crippen molar-refractivity contribution in [3.63, 3.8) is 0 Å². The molecule has 284 valence electrons. The van der Waals surface area contributed by atoms with Gasteiger partial charge in [-0.25, -0.2) is 0 Å². The summed E-state index contributed by atoms with van der Waals surface area (Å²) in [4.78, 5) is 10.7. The summed E-state index contributed by atoms with van der Waals surface area (Å²) in [6.45, 7) is 9.42. The van der Waals surface area contributed by atoms with Gasteiger partial charge in [0.1, 0.15) is 24.0 Å². The number of unbranched alkanes of at least 4 members (excludes halogenated alkanes) is 3. The molecule has 4 aliphatic rings. The van der Waals surface area contributed by atoms with Crippen molar-refractivity contribution in [1.82, 2.24) is 5.32 Å². The first kappa shape index (κ1) is 39.6. The number of aliphatic hydroxyl groups excluding tert-OH is 1. The van der Waals surface area contributed by atoms with Gasteiger partial charge in [0.15, 0.2) is 0 Å². The molecule has 0 unspecified atom stereocenters. The summed E-state index contributed by atoms with van der Waals surface area (Å²) in [5.41, 5.74) is 1.04. The average Bonchev–Trinajstić information content (AvgIpc) is 3.72. The number of nitrogens with zero attached hydrogens (tertiary/aromatic N) is 1. The summed E-state index contributed by atoms with van der Waals surface area (Å²) in [6, 6.07) is 14.9. The van der Waals surface area contributed by atoms with Crippen LogP contribution in [0.1, 0.15) is 94.3 Å². The molecule has 3 aliphatic heterocycles. The van der Waals surface area contributed by atoms with Gasteiger partial charge >= 0.3 is 0 Å². The smallest absolute Gasteiger partial charge is 0.211 e. The Bertz CT molecular complexity index is 1290. The number of ether oxygens (including phenoxy) is 3. The van der Waals surface area contributed by atoms with E-state index in [1.807, 2.05) is 18.2 Å². The maximum Gasteiger partial charge on any atom is 0.211 e. The van der Waals surface area contributed by atoms with E-state index in [0.717, 1.165) is 83.4 Å². The Morgan fingerprint density at radius 2 is 1.57 bits per heavy atom. The number of phenolic OH excluding ortho intramolecular Hbond substituents is 1. The molecule has 51 heavy (non-hydrogen) atoms. The van der Waals surface area contributed by atoms with Crippen LogP contribution in [0.3, 0.4) is 0 Å². The first-order valence-corrected chi connectivity index (χ1v) is 19.7. The van der Waals surface area contributed by atoms with Gasteiger partial charge in [-0.1, -0.05) is 49.2 Å². The van der Waals surface area contributed by atoms with Gasteiger partial charge in [-0.05, 0) is 87.1 Å². The van der Waals surface area contributed by atoms with E-state index in [0.29, 0.717) is 37.6 Å². The second-order valence-electron chi connectivity index (χ2n) is 15.3. The number of phenols is 1. The second kappa shape index (κ2) is 20.6. The molecule has 10 heteroatoms. The molecule has 3 heterocycles. The molecule has 0 radical (unpaired) electrons. The van der Waals surface area contributed by atoms with Crippen LogP contribution in [0.2, 0.25) is 0 Å². The summed E-state index contributed by atoms with van der Waals surface area (Å²) in [6.07, 6.45) is 13.4. The van der Waals surface area contributed by atoms with E-state index in [1.54, 1.807) is 12.1 Å². The van der Waals surface area contributed by atoms with E-state index in [9.17, 15) is 20.1 Å². The Kier molecular flexibility index (Phi) is 16.0. The molecule has 1 amide bonds. The highest BCUT2D eigenvalue weighted by Gasteiger charge is 2.48. The van der Waals surface area contributed by atoms with Gasteiger partial charge in [-0.3, -0.25) is 4.79 Å². The fourth-order valence-corrected chi connectivity index (χ4v) is 8.56. The summed E-state index contributed by atoms with van der Waals surface area (Å²) < 4.78 is 19.6. The van der Waals surface area contributed by atoms with E-state index in [4.69, 9.17) is 14.2 Å². The number of rotatable bonds is 25. The fraction of sp³-hybridized carbons (Fsp3) is 0.683. The minimum Gasteiger partial charge on any atom is -0.506 e. The highest BCUT2D eigenvalue weighted by atomic mass is 16.5. The number of piperidine rings is 3. The Balaban J connectivity index is 0.858. The number of fused-ring (bicyclic) bond motifs is 3. The first-order chi connectivity index (χ1) is 24.9. The number of hydrogen-bond acceptors (Lipinski definition) is 8. The maximum atomic E-state index is 12.0. The zero-order valence-corrected chi connectivity index (χ0v) is 30.7. The number of aromatic hydroxyl groups is 1. The summed E-state index contributed by atoms with van der Waals surface area (Å²) in [5, 5.41) is 37.8. The van der Waals surface area contributed by atoms with Crippen molar-refractivity contribution >= 4 is 12.1 Å². The molecule has 3 saturated heterocycles. The number of nitrogens with one attached hydrogen (secondary N) is 2. The third kappa shape index (κ3) is 11.7. The minimum atomic E-state index is -0.884. The normalized spacial score (nSPS) is 23.6. The van der Waals surface area contributed by atoms with E-state index >= 15 is 0 Å². The van der Waals surface area contributed by atoms with Gasteiger partial charge in [0.2, 0.25) is 6.41 Å². The van der Waals surface area contributed by atoms with Gasteiger partial charge in [0.05, 0.1) is 38.0 Å². The van der Waals surface area contributed by atoms with E-state index in [1.165, 1.54) is 62.3 Å². The number of aliphatic hydroxyl groups is 2. The number of benzene rings is 2. The summed E-state index contributed by atoms with van der Waals surface area (Å²) in [5.74, 6) is 0.883. The van der Waals surface area contributed by atoms with Crippen LogP contribution in [0.5, 0.6) is 5.75 Å². The molecule has 6 rings (SSSR count). The number of quaternary nitrogens is 1.